The number of hydrogen-bond acceptors (Lipinski definition) is 8. The van der Waals surface area contributed by atoms with Crippen LogP contribution < -0.4 is 20.1 Å². The van der Waals surface area contributed by atoms with Crippen molar-refractivity contribution in [2.45, 2.75) is 18.4 Å². The first-order valence-corrected chi connectivity index (χ1v) is 3.83. The molecule has 89 valence electrons. The van der Waals surface area contributed by atoms with E-state index in [1.54, 1.807) is 0 Å². The molecule has 0 unspecified atom stereocenters. The van der Waals surface area contributed by atoms with Gasteiger partial charge >= 0.3 is 21.0 Å². The summed E-state index contributed by atoms with van der Waals surface area (Å²) in [4.78, 5) is 30.0. The first-order valence-electron chi connectivity index (χ1n) is 3.29. The van der Waals surface area contributed by atoms with Gasteiger partial charge < -0.3 is 34.8 Å². The van der Waals surface area contributed by atoms with Crippen molar-refractivity contribution < 1.29 is 51.0 Å². The van der Waals surface area contributed by atoms with Crippen molar-refractivity contribution in [3.8, 4) is 0 Å². The van der Waals surface area contributed by atoms with E-state index in [2.05, 4.69) is 21.0 Å². The SMILES string of the molecule is O=C([O-])CC(O)(CC(=O)[O-])C(=O)[O-].[NH2][Cu+3]. The molecule has 0 saturated heterocycles. The Balaban J connectivity index is 0. The number of nitrogens with two attached hydrogens (primary N) is 1. The molecule has 0 spiro atoms. The van der Waals surface area contributed by atoms with Crippen LogP contribution in [0.15, 0.2) is 0 Å². The third kappa shape index (κ3) is 6.86. The molecule has 3 N–H and O–H groups in total. The Morgan fingerprint density at radius 2 is 1.33 bits per heavy atom. The van der Waals surface area contributed by atoms with E-state index in [0.29, 0.717) is 0 Å². The van der Waals surface area contributed by atoms with Crippen LogP contribution in [0, 0.1) is 0 Å². The van der Waals surface area contributed by atoms with E-state index in [1.807, 2.05) is 0 Å². The average molecular weight is 269 g/mol. The number of carbonyl (C=O) groups is 3. The zero-order valence-electron chi connectivity index (χ0n) is 7.19. The van der Waals surface area contributed by atoms with Crippen LogP contribution in [0.1, 0.15) is 12.8 Å². The van der Waals surface area contributed by atoms with E-state index in [1.165, 1.54) is 0 Å². The second-order valence-corrected chi connectivity index (χ2v) is 2.42. The van der Waals surface area contributed by atoms with E-state index in [-0.39, 0.29) is 0 Å². The molecule has 15 heavy (non-hydrogen) atoms. The van der Waals surface area contributed by atoms with Gasteiger partial charge in [0.2, 0.25) is 0 Å². The number of carbonyl (C=O) groups excluding carboxylic acids is 3. The molecule has 0 aliphatic rings. The first kappa shape index (κ1) is 16.3. The summed E-state index contributed by atoms with van der Waals surface area (Å²) < 4.78 is 4.06. The molecule has 0 atom stereocenters. The van der Waals surface area contributed by atoms with Gasteiger partial charge in [-0.1, -0.05) is 0 Å². The van der Waals surface area contributed by atoms with E-state index < -0.39 is 36.4 Å². The Kier molecular flexibility index (Phi) is 7.80. The van der Waals surface area contributed by atoms with Gasteiger partial charge in [-0.2, -0.15) is 0 Å². The minimum absolute atomic E-state index is 1.36. The van der Waals surface area contributed by atoms with Crippen molar-refractivity contribution in [1.82, 2.24) is 0 Å². The molecule has 0 rings (SSSR count). The summed E-state index contributed by atoms with van der Waals surface area (Å²) in [6, 6.07) is 0. The Morgan fingerprint density at radius 1 is 1.07 bits per heavy atom. The Bertz CT molecular complexity index is 238. The molecule has 0 aromatic heterocycles. The van der Waals surface area contributed by atoms with E-state index in [0.717, 1.165) is 0 Å². The maximum absolute atomic E-state index is 10.1. The summed E-state index contributed by atoms with van der Waals surface area (Å²) in [5.74, 6) is -5.98. The fourth-order valence-corrected chi connectivity index (χ4v) is 0.684. The number of rotatable bonds is 5. The van der Waals surface area contributed by atoms with Crippen LogP contribution >= 0.6 is 0 Å². The van der Waals surface area contributed by atoms with Crippen molar-refractivity contribution in [2.24, 2.45) is 4.75 Å². The van der Waals surface area contributed by atoms with Crippen LogP contribution in [0.2, 0.25) is 0 Å². The molecule has 0 radical (unpaired) electrons. The normalized spacial score (nSPS) is 9.80. The van der Waals surface area contributed by atoms with E-state index in [4.69, 9.17) is 5.11 Å². The molecule has 0 aliphatic heterocycles. The van der Waals surface area contributed by atoms with Gasteiger partial charge in [0.1, 0.15) is 5.60 Å². The molecule has 0 aliphatic carbocycles. The summed E-state index contributed by atoms with van der Waals surface area (Å²) in [7, 11) is 0. The van der Waals surface area contributed by atoms with Crippen LogP contribution in [0.25, 0.3) is 0 Å². The van der Waals surface area contributed by atoms with Crippen LogP contribution in [0.4, 0.5) is 0 Å². The van der Waals surface area contributed by atoms with Gasteiger partial charge in [0.05, 0.1) is 5.97 Å². The number of aliphatic carboxylic acids is 3. The Labute approximate surface area is 92.7 Å². The van der Waals surface area contributed by atoms with Crippen molar-refractivity contribution >= 4 is 17.9 Å². The van der Waals surface area contributed by atoms with Gasteiger partial charge in [0, 0.05) is 24.8 Å². The average Bonchev–Trinajstić information content (AvgIpc) is 2.04. The summed E-state index contributed by atoms with van der Waals surface area (Å²) in [5, 5.41) is 38.9. The maximum atomic E-state index is 10.1. The molecule has 0 amide bonds. The van der Waals surface area contributed by atoms with Crippen LogP contribution in [-0.2, 0) is 30.6 Å². The van der Waals surface area contributed by atoms with Gasteiger partial charge in [-0.05, 0) is 0 Å². The fourth-order valence-electron chi connectivity index (χ4n) is 0.684. The number of hydrogen-bond donors (Lipinski definition) is 2. The molecule has 0 fully saturated rings. The minimum atomic E-state index is -2.97. The molecule has 0 aromatic rings. The fraction of sp³-hybridized carbons (Fsp3) is 0.500. The summed E-state index contributed by atoms with van der Waals surface area (Å²) >= 11 is 3.69. The van der Waals surface area contributed by atoms with Gasteiger partial charge in [-0.3, -0.25) is 0 Å². The molecule has 0 heterocycles. The van der Waals surface area contributed by atoms with Crippen molar-refractivity contribution in [3.63, 3.8) is 0 Å². The van der Waals surface area contributed by atoms with Gasteiger partial charge in [-0.25, -0.2) is 0 Å². The third-order valence-electron chi connectivity index (χ3n) is 1.25. The second kappa shape index (κ2) is 7.18. The van der Waals surface area contributed by atoms with Crippen molar-refractivity contribution in [2.75, 3.05) is 0 Å². The Hall–Kier alpha value is -1.15. The first-order chi connectivity index (χ1) is 6.78. The van der Waals surface area contributed by atoms with Gasteiger partial charge in [0.15, 0.2) is 0 Å². The van der Waals surface area contributed by atoms with Crippen molar-refractivity contribution in [3.05, 3.63) is 0 Å². The monoisotopic (exact) mass is 268 g/mol. The van der Waals surface area contributed by atoms with E-state index >= 15 is 0 Å². The summed E-state index contributed by atoms with van der Waals surface area (Å²) in [5.41, 5.74) is -2.97. The van der Waals surface area contributed by atoms with Crippen LogP contribution in [0.3, 0.4) is 0 Å². The van der Waals surface area contributed by atoms with Crippen molar-refractivity contribution in [1.29, 1.82) is 0 Å². The molecule has 8 nitrogen and oxygen atoms in total. The molecular formula is C6H7CuNO7. The van der Waals surface area contributed by atoms with Crippen LogP contribution in [-0.4, -0.2) is 28.6 Å². The standard InChI is InChI=1S/C6H8O7.Cu.H2N/c7-3(8)1-6(13,5(11)12)2-4(9)10;;/h13H,1-2H2,(H,7,8)(H,9,10)(H,11,12);;1H2/q;+4;-1/p-3. The zero-order chi connectivity index (χ0) is 12.6. The second-order valence-electron chi connectivity index (χ2n) is 2.42. The summed E-state index contributed by atoms with van der Waals surface area (Å²) in [6.45, 7) is 0. The molecule has 9 heteroatoms. The van der Waals surface area contributed by atoms with Crippen LogP contribution in [0.5, 0.6) is 0 Å². The topological polar surface area (TPSA) is 167 Å². The predicted molar refractivity (Wildman–Crippen MR) is 33.4 cm³/mol. The molecule has 0 aromatic carbocycles. The van der Waals surface area contributed by atoms with Gasteiger partial charge in [-0.15, -0.1) is 0 Å². The van der Waals surface area contributed by atoms with E-state index in [9.17, 15) is 29.7 Å². The molecular weight excluding hydrogens is 262 g/mol. The molecule has 0 bridgehead atoms. The predicted octanol–water partition coefficient (Wildman–Crippen LogP) is -5.85. The quantitative estimate of drug-likeness (QED) is 0.465. The Morgan fingerprint density at radius 3 is 1.47 bits per heavy atom. The molecule has 0 saturated carbocycles. The number of aliphatic hydroxyl groups is 1. The summed E-state index contributed by atoms with van der Waals surface area (Å²) in [6.07, 6.45) is -2.72. The third-order valence-corrected chi connectivity index (χ3v) is 1.25. The zero-order valence-corrected chi connectivity index (χ0v) is 8.13. The number of carboxylic acids is 3. The number of carboxylic acid groups (broad SMARTS) is 3. The van der Waals surface area contributed by atoms with Gasteiger partial charge in [0.25, 0.3) is 0 Å².